The standard InChI is InChI=1S/C24H24N6O/c1-14-4-3-5-18(12-14)27-24(31)26-17-10-8-15(9-11-17)19-13-20(16-6-7-16)28-23-21(19)22(25)29-30(23)2/h3-5,8-13,16H,6-7H2,1-2H3,(H2,25,29)(H2,26,27,31). The van der Waals surface area contributed by atoms with Gasteiger partial charge in [-0.05, 0) is 66.8 Å². The molecule has 0 saturated heterocycles. The van der Waals surface area contributed by atoms with Gasteiger partial charge in [0.15, 0.2) is 11.5 Å². The van der Waals surface area contributed by atoms with Gasteiger partial charge < -0.3 is 16.4 Å². The zero-order valence-electron chi connectivity index (χ0n) is 17.5. The molecule has 31 heavy (non-hydrogen) atoms. The summed E-state index contributed by atoms with van der Waals surface area (Å²) in [6, 6.07) is 17.3. The Balaban J connectivity index is 1.41. The third-order valence-electron chi connectivity index (χ3n) is 5.57. The van der Waals surface area contributed by atoms with Crippen LogP contribution in [0.2, 0.25) is 0 Å². The molecule has 2 aromatic heterocycles. The quantitative estimate of drug-likeness (QED) is 0.437. The van der Waals surface area contributed by atoms with E-state index in [4.69, 9.17) is 10.7 Å². The number of aryl methyl sites for hydroxylation is 2. The monoisotopic (exact) mass is 412 g/mol. The molecule has 4 N–H and O–H groups in total. The molecule has 0 bridgehead atoms. The highest BCUT2D eigenvalue weighted by Gasteiger charge is 2.27. The zero-order valence-corrected chi connectivity index (χ0v) is 17.5. The number of nitrogens with zero attached hydrogens (tertiary/aromatic N) is 3. The van der Waals surface area contributed by atoms with Gasteiger partial charge in [-0.25, -0.2) is 14.5 Å². The van der Waals surface area contributed by atoms with Crippen LogP contribution in [0.1, 0.15) is 30.0 Å². The maximum atomic E-state index is 12.3. The predicted octanol–water partition coefficient (Wildman–Crippen LogP) is 5.05. The van der Waals surface area contributed by atoms with Crippen LogP contribution in [-0.4, -0.2) is 20.8 Å². The van der Waals surface area contributed by atoms with Crippen molar-refractivity contribution >= 4 is 34.3 Å². The Morgan fingerprint density at radius 3 is 2.52 bits per heavy atom. The smallest absolute Gasteiger partial charge is 0.323 e. The number of amides is 2. The van der Waals surface area contributed by atoms with Crippen molar-refractivity contribution in [2.24, 2.45) is 7.05 Å². The number of carbonyl (C=O) groups excluding carboxylic acids is 1. The molecular weight excluding hydrogens is 388 g/mol. The van der Waals surface area contributed by atoms with Gasteiger partial charge in [0.25, 0.3) is 0 Å². The minimum Gasteiger partial charge on any atom is -0.382 e. The molecule has 2 heterocycles. The van der Waals surface area contributed by atoms with Crippen LogP contribution >= 0.6 is 0 Å². The first-order valence-electron chi connectivity index (χ1n) is 10.4. The van der Waals surface area contributed by atoms with Crippen LogP contribution < -0.4 is 16.4 Å². The molecule has 0 spiro atoms. The number of fused-ring (bicyclic) bond motifs is 1. The van der Waals surface area contributed by atoms with Crippen molar-refractivity contribution in [3.8, 4) is 11.1 Å². The lowest BCUT2D eigenvalue weighted by Crippen LogP contribution is -2.19. The normalized spacial score (nSPS) is 13.4. The molecule has 1 saturated carbocycles. The maximum Gasteiger partial charge on any atom is 0.323 e. The summed E-state index contributed by atoms with van der Waals surface area (Å²) in [6.45, 7) is 1.99. The van der Waals surface area contributed by atoms with Crippen LogP contribution in [0.25, 0.3) is 22.2 Å². The highest BCUT2D eigenvalue weighted by atomic mass is 16.2. The molecule has 0 radical (unpaired) electrons. The molecular formula is C24H24N6O. The number of nitrogens with one attached hydrogen (secondary N) is 2. The number of nitrogens with two attached hydrogens (primary N) is 1. The third-order valence-corrected chi connectivity index (χ3v) is 5.57. The molecule has 1 aliphatic carbocycles. The summed E-state index contributed by atoms with van der Waals surface area (Å²) < 4.78 is 1.74. The Bertz CT molecular complexity index is 1290. The number of benzene rings is 2. The first kappa shape index (κ1) is 19.1. The van der Waals surface area contributed by atoms with Crippen molar-refractivity contribution in [1.82, 2.24) is 14.8 Å². The lowest BCUT2D eigenvalue weighted by molar-refractivity contribution is 0.262. The van der Waals surface area contributed by atoms with Gasteiger partial charge >= 0.3 is 6.03 Å². The molecule has 1 fully saturated rings. The second-order valence-electron chi connectivity index (χ2n) is 8.10. The molecule has 0 aliphatic heterocycles. The minimum atomic E-state index is -0.280. The number of aromatic nitrogens is 3. The van der Waals surface area contributed by atoms with Crippen LogP contribution in [0.15, 0.2) is 54.6 Å². The number of carbonyl (C=O) groups is 1. The molecule has 2 amide bonds. The highest BCUT2D eigenvalue weighted by Crippen LogP contribution is 2.42. The number of rotatable bonds is 4. The lowest BCUT2D eigenvalue weighted by Gasteiger charge is -2.10. The molecule has 1 aliphatic rings. The van der Waals surface area contributed by atoms with Crippen LogP contribution in [0.4, 0.5) is 22.0 Å². The summed E-state index contributed by atoms with van der Waals surface area (Å²) in [4.78, 5) is 17.1. The summed E-state index contributed by atoms with van der Waals surface area (Å²) in [7, 11) is 1.87. The minimum absolute atomic E-state index is 0.280. The maximum absolute atomic E-state index is 12.3. The summed E-state index contributed by atoms with van der Waals surface area (Å²) in [5.41, 5.74) is 12.7. The first-order chi connectivity index (χ1) is 15.0. The Labute approximate surface area is 180 Å². The van der Waals surface area contributed by atoms with Crippen LogP contribution in [0.5, 0.6) is 0 Å². The molecule has 5 rings (SSSR count). The molecule has 4 aromatic rings. The fraction of sp³-hybridized carbons (Fsp3) is 0.208. The highest BCUT2D eigenvalue weighted by molar-refractivity contribution is 6.02. The van der Waals surface area contributed by atoms with Gasteiger partial charge in [0, 0.05) is 30.0 Å². The fourth-order valence-corrected chi connectivity index (χ4v) is 3.86. The second-order valence-corrected chi connectivity index (χ2v) is 8.10. The van der Waals surface area contributed by atoms with Gasteiger partial charge in [0.05, 0.1) is 5.39 Å². The number of urea groups is 1. The first-order valence-corrected chi connectivity index (χ1v) is 10.4. The summed E-state index contributed by atoms with van der Waals surface area (Å²) in [5.74, 6) is 0.993. The van der Waals surface area contributed by atoms with E-state index in [0.29, 0.717) is 17.4 Å². The van der Waals surface area contributed by atoms with E-state index in [1.54, 1.807) is 4.68 Å². The predicted molar refractivity (Wildman–Crippen MR) is 124 cm³/mol. The van der Waals surface area contributed by atoms with Crippen molar-refractivity contribution < 1.29 is 4.79 Å². The van der Waals surface area contributed by atoms with Crippen molar-refractivity contribution in [2.75, 3.05) is 16.4 Å². The third kappa shape index (κ3) is 3.82. The van der Waals surface area contributed by atoms with E-state index >= 15 is 0 Å². The van der Waals surface area contributed by atoms with E-state index in [2.05, 4.69) is 21.8 Å². The summed E-state index contributed by atoms with van der Waals surface area (Å²) >= 11 is 0. The number of hydrogen-bond acceptors (Lipinski definition) is 4. The lowest BCUT2D eigenvalue weighted by atomic mass is 10.0. The number of hydrogen-bond donors (Lipinski definition) is 3. The fourth-order valence-electron chi connectivity index (χ4n) is 3.86. The van der Waals surface area contributed by atoms with E-state index in [1.807, 2.05) is 62.5 Å². The van der Waals surface area contributed by atoms with Crippen LogP contribution in [0.3, 0.4) is 0 Å². The van der Waals surface area contributed by atoms with Gasteiger partial charge in [-0.2, -0.15) is 5.10 Å². The molecule has 2 aromatic carbocycles. The average molecular weight is 412 g/mol. The van der Waals surface area contributed by atoms with Crippen LogP contribution in [0, 0.1) is 6.92 Å². The van der Waals surface area contributed by atoms with Crippen molar-refractivity contribution in [3.63, 3.8) is 0 Å². The van der Waals surface area contributed by atoms with Crippen molar-refractivity contribution in [3.05, 3.63) is 65.9 Å². The van der Waals surface area contributed by atoms with E-state index in [-0.39, 0.29) is 6.03 Å². The van der Waals surface area contributed by atoms with Gasteiger partial charge in [0.1, 0.15) is 0 Å². The summed E-state index contributed by atoms with van der Waals surface area (Å²) in [5, 5.41) is 11.0. The Morgan fingerprint density at radius 1 is 1.06 bits per heavy atom. The molecule has 0 unspecified atom stereocenters. The number of pyridine rings is 1. The Hall–Kier alpha value is -3.87. The number of nitrogen functional groups attached to an aromatic ring is 1. The van der Waals surface area contributed by atoms with Crippen LogP contribution in [-0.2, 0) is 7.05 Å². The van der Waals surface area contributed by atoms with Crippen molar-refractivity contribution in [1.29, 1.82) is 0 Å². The topological polar surface area (TPSA) is 97.9 Å². The van der Waals surface area contributed by atoms with E-state index in [9.17, 15) is 4.79 Å². The van der Waals surface area contributed by atoms with E-state index in [0.717, 1.165) is 39.1 Å². The van der Waals surface area contributed by atoms with Gasteiger partial charge in [-0.1, -0.05) is 24.3 Å². The second kappa shape index (κ2) is 7.43. The molecule has 156 valence electrons. The van der Waals surface area contributed by atoms with Gasteiger partial charge in [0.2, 0.25) is 0 Å². The zero-order chi connectivity index (χ0) is 21.5. The average Bonchev–Trinajstić information content (AvgIpc) is 3.54. The molecule has 7 nitrogen and oxygen atoms in total. The van der Waals surface area contributed by atoms with Gasteiger partial charge in [-0.3, -0.25) is 0 Å². The van der Waals surface area contributed by atoms with E-state index in [1.165, 1.54) is 12.8 Å². The molecule has 7 heteroatoms. The molecule has 0 atom stereocenters. The SMILES string of the molecule is Cc1cccc(NC(=O)Nc2ccc(-c3cc(C4CC4)nc4c3c(N)nn4C)cc2)c1. The Morgan fingerprint density at radius 2 is 1.81 bits per heavy atom. The largest absolute Gasteiger partial charge is 0.382 e. The Kier molecular flexibility index (Phi) is 4.58. The number of anilines is 3. The van der Waals surface area contributed by atoms with Gasteiger partial charge in [-0.15, -0.1) is 0 Å². The van der Waals surface area contributed by atoms with Crippen molar-refractivity contribution in [2.45, 2.75) is 25.7 Å². The summed E-state index contributed by atoms with van der Waals surface area (Å²) in [6.07, 6.45) is 2.34. The van der Waals surface area contributed by atoms with E-state index < -0.39 is 0 Å².